The lowest BCUT2D eigenvalue weighted by Gasteiger charge is -2.54. The summed E-state index contributed by atoms with van der Waals surface area (Å²) in [6.07, 6.45) is 2.32. The van der Waals surface area contributed by atoms with Crippen molar-refractivity contribution in [1.29, 1.82) is 0 Å². The van der Waals surface area contributed by atoms with Gasteiger partial charge in [-0.3, -0.25) is 4.79 Å². The van der Waals surface area contributed by atoms with E-state index in [2.05, 4.69) is 0 Å². The summed E-state index contributed by atoms with van der Waals surface area (Å²) in [4.78, 5) is 13.9. The van der Waals surface area contributed by atoms with Crippen molar-refractivity contribution in [1.82, 2.24) is 4.90 Å². The van der Waals surface area contributed by atoms with Crippen LogP contribution in [0.15, 0.2) is 6.07 Å². The van der Waals surface area contributed by atoms with Crippen molar-refractivity contribution in [2.24, 2.45) is 0 Å². The summed E-state index contributed by atoms with van der Waals surface area (Å²) in [6.45, 7) is 0.181. The molecule has 1 saturated carbocycles. The van der Waals surface area contributed by atoms with Gasteiger partial charge in [-0.05, 0) is 38.2 Å². The van der Waals surface area contributed by atoms with Crippen molar-refractivity contribution in [3.8, 4) is 0 Å². The summed E-state index contributed by atoms with van der Waals surface area (Å²) in [5.74, 6) is -8.04. The quantitative estimate of drug-likeness (QED) is 0.491. The molecule has 1 spiro atoms. The Hall–Kier alpha value is -1.63. The first-order valence-corrected chi connectivity index (χ1v) is 7.19. The molecule has 1 heterocycles. The van der Waals surface area contributed by atoms with E-state index < -0.39 is 46.4 Å². The minimum Gasteiger partial charge on any atom is -0.393 e. The first-order chi connectivity index (χ1) is 10.4. The van der Waals surface area contributed by atoms with Crippen LogP contribution in [0.2, 0.25) is 0 Å². The van der Waals surface area contributed by atoms with E-state index in [1.807, 2.05) is 0 Å². The second-order valence-corrected chi connectivity index (χ2v) is 6.03. The average molecular weight is 317 g/mol. The molecule has 2 fully saturated rings. The molecule has 1 N–H and O–H groups in total. The average Bonchev–Trinajstić information content (AvgIpc) is 2.46. The van der Waals surface area contributed by atoms with Gasteiger partial charge in [-0.1, -0.05) is 0 Å². The van der Waals surface area contributed by atoms with Crippen LogP contribution in [0, 0.1) is 23.3 Å². The van der Waals surface area contributed by atoms with E-state index in [1.54, 1.807) is 0 Å². The molecule has 1 aliphatic heterocycles. The van der Waals surface area contributed by atoms with Gasteiger partial charge in [-0.25, -0.2) is 17.6 Å². The van der Waals surface area contributed by atoms with Gasteiger partial charge >= 0.3 is 0 Å². The molecular weight excluding hydrogens is 302 g/mol. The van der Waals surface area contributed by atoms with Crippen molar-refractivity contribution in [3.63, 3.8) is 0 Å². The number of piperidine rings is 1. The summed E-state index contributed by atoms with van der Waals surface area (Å²) < 4.78 is 53.5. The Bertz CT molecular complexity index is 630. The van der Waals surface area contributed by atoms with Crippen LogP contribution in [-0.2, 0) is 0 Å². The van der Waals surface area contributed by atoms with Crippen LogP contribution in [0.1, 0.15) is 42.5 Å². The summed E-state index contributed by atoms with van der Waals surface area (Å²) in [5, 5.41) is 9.78. The van der Waals surface area contributed by atoms with Gasteiger partial charge < -0.3 is 10.0 Å². The monoisotopic (exact) mass is 317 g/mol. The number of halogens is 4. The number of aliphatic hydroxyl groups is 1. The van der Waals surface area contributed by atoms with Crippen LogP contribution >= 0.6 is 0 Å². The van der Waals surface area contributed by atoms with E-state index >= 15 is 0 Å². The van der Waals surface area contributed by atoms with Crippen molar-refractivity contribution in [2.75, 3.05) is 6.54 Å². The number of amides is 1. The molecule has 120 valence electrons. The fourth-order valence-electron chi connectivity index (χ4n) is 3.42. The Morgan fingerprint density at radius 3 is 2.45 bits per heavy atom. The van der Waals surface area contributed by atoms with Gasteiger partial charge in [0.25, 0.3) is 5.91 Å². The van der Waals surface area contributed by atoms with Crippen LogP contribution in [0.5, 0.6) is 0 Å². The molecule has 1 amide bonds. The summed E-state index contributed by atoms with van der Waals surface area (Å²) in [6, 6.07) is 0.396. The molecule has 1 atom stereocenters. The Kier molecular flexibility index (Phi) is 3.63. The number of hydrogen-bond acceptors (Lipinski definition) is 2. The van der Waals surface area contributed by atoms with Crippen molar-refractivity contribution in [2.45, 2.75) is 43.7 Å². The number of rotatable bonds is 1. The second-order valence-electron chi connectivity index (χ2n) is 6.03. The molecule has 7 heteroatoms. The largest absolute Gasteiger partial charge is 0.393 e. The zero-order valence-corrected chi connectivity index (χ0v) is 11.7. The molecular formula is C15H15F4NO2. The maximum absolute atomic E-state index is 13.8. The van der Waals surface area contributed by atoms with Gasteiger partial charge in [0.1, 0.15) is 0 Å². The highest BCUT2D eigenvalue weighted by atomic mass is 19.2. The van der Waals surface area contributed by atoms with Gasteiger partial charge in [0.05, 0.1) is 11.7 Å². The molecule has 1 aliphatic carbocycles. The molecule has 1 saturated heterocycles. The fraction of sp³-hybridized carbons (Fsp3) is 0.533. The van der Waals surface area contributed by atoms with Crippen LogP contribution in [0.25, 0.3) is 0 Å². The first kappa shape index (κ1) is 15.3. The zero-order chi connectivity index (χ0) is 16.1. The highest BCUT2D eigenvalue weighted by molar-refractivity contribution is 5.95. The van der Waals surface area contributed by atoms with Gasteiger partial charge in [0.15, 0.2) is 23.3 Å². The van der Waals surface area contributed by atoms with Crippen LogP contribution in [0.3, 0.4) is 0 Å². The third kappa shape index (κ3) is 2.18. The zero-order valence-electron chi connectivity index (χ0n) is 11.7. The Balaban J connectivity index is 1.97. The molecule has 1 unspecified atom stereocenters. The lowest BCUT2D eigenvalue weighted by molar-refractivity contribution is -0.0486. The van der Waals surface area contributed by atoms with E-state index in [0.29, 0.717) is 31.7 Å². The third-order valence-corrected chi connectivity index (χ3v) is 4.74. The summed E-state index contributed by atoms with van der Waals surface area (Å²) >= 11 is 0. The number of aliphatic hydroxyl groups excluding tert-OH is 1. The number of likely N-dealkylation sites (tertiary alicyclic amines) is 1. The lowest BCUT2D eigenvalue weighted by atomic mass is 9.69. The molecule has 0 bridgehead atoms. The molecule has 0 radical (unpaired) electrons. The Labute approximate surface area is 124 Å². The predicted molar refractivity (Wildman–Crippen MR) is 69.1 cm³/mol. The highest BCUT2D eigenvalue weighted by Crippen LogP contribution is 2.45. The van der Waals surface area contributed by atoms with Crippen LogP contribution in [-0.4, -0.2) is 34.1 Å². The van der Waals surface area contributed by atoms with Gasteiger partial charge in [-0.15, -0.1) is 0 Å². The smallest absolute Gasteiger partial charge is 0.257 e. The van der Waals surface area contributed by atoms with E-state index in [-0.39, 0.29) is 6.54 Å². The topological polar surface area (TPSA) is 40.5 Å². The van der Waals surface area contributed by atoms with Crippen LogP contribution in [0.4, 0.5) is 17.6 Å². The molecule has 0 aromatic heterocycles. The number of carbonyl (C=O) groups is 1. The standard InChI is InChI=1S/C15H15F4NO2/c16-10-6-9(11(17)13(19)12(10)18)14(22)20-5-2-8(21)7-15(20)3-1-4-15/h6,8,21H,1-5,7H2. The molecule has 1 aromatic carbocycles. The maximum atomic E-state index is 13.8. The van der Waals surface area contributed by atoms with Gasteiger partial charge in [0, 0.05) is 12.1 Å². The van der Waals surface area contributed by atoms with E-state index in [9.17, 15) is 27.5 Å². The first-order valence-electron chi connectivity index (χ1n) is 7.19. The number of nitrogens with zero attached hydrogens (tertiary/aromatic N) is 1. The van der Waals surface area contributed by atoms with Gasteiger partial charge in [0.2, 0.25) is 0 Å². The molecule has 22 heavy (non-hydrogen) atoms. The number of carbonyl (C=O) groups excluding carboxylic acids is 1. The number of hydrogen-bond donors (Lipinski definition) is 1. The third-order valence-electron chi connectivity index (χ3n) is 4.74. The van der Waals surface area contributed by atoms with Crippen molar-refractivity contribution < 1.29 is 27.5 Å². The SMILES string of the molecule is O=C(c1cc(F)c(F)c(F)c1F)N1CCC(O)CC12CCC2. The predicted octanol–water partition coefficient (Wildman–Crippen LogP) is 2.76. The molecule has 2 aliphatic rings. The van der Waals surface area contributed by atoms with E-state index in [4.69, 9.17) is 0 Å². The lowest BCUT2D eigenvalue weighted by Crippen LogP contribution is -2.61. The number of benzene rings is 1. The fourth-order valence-corrected chi connectivity index (χ4v) is 3.42. The maximum Gasteiger partial charge on any atom is 0.257 e. The minimum absolute atomic E-state index is 0.181. The Morgan fingerprint density at radius 2 is 1.86 bits per heavy atom. The van der Waals surface area contributed by atoms with E-state index in [1.165, 1.54) is 4.90 Å². The van der Waals surface area contributed by atoms with Crippen molar-refractivity contribution in [3.05, 3.63) is 34.9 Å². The minimum atomic E-state index is -1.98. The molecule has 1 aromatic rings. The van der Waals surface area contributed by atoms with Gasteiger partial charge in [-0.2, -0.15) is 0 Å². The Morgan fingerprint density at radius 1 is 1.18 bits per heavy atom. The molecule has 3 rings (SSSR count). The van der Waals surface area contributed by atoms with E-state index in [0.717, 1.165) is 6.42 Å². The highest BCUT2D eigenvalue weighted by Gasteiger charge is 2.49. The van der Waals surface area contributed by atoms with Crippen LogP contribution < -0.4 is 0 Å². The second kappa shape index (κ2) is 5.22. The summed E-state index contributed by atoms with van der Waals surface area (Å²) in [5.41, 5.74) is -1.39. The summed E-state index contributed by atoms with van der Waals surface area (Å²) in [7, 11) is 0. The molecule has 3 nitrogen and oxygen atoms in total. The normalized spacial score (nSPS) is 23.5. The van der Waals surface area contributed by atoms with Crippen molar-refractivity contribution >= 4 is 5.91 Å².